The zero-order valence-corrected chi connectivity index (χ0v) is 19.3. The summed E-state index contributed by atoms with van der Waals surface area (Å²) in [5.41, 5.74) is 21.6. The maximum Gasteiger partial charge on any atom is 0.0358 e. The molecule has 4 aliphatic rings. The number of rotatable bonds is 0. The Balaban J connectivity index is 1.42. The molecule has 0 nitrogen and oxygen atoms in total. The molecular weight excluding hydrogens is 420 g/mol. The fourth-order valence-electron chi connectivity index (χ4n) is 7.29. The topological polar surface area (TPSA) is 0 Å². The minimum absolute atomic E-state index is 0.317. The maximum atomic E-state index is 2.55. The first-order valence-corrected chi connectivity index (χ1v) is 12.7. The minimum Gasteiger partial charge on any atom is -0.0619 e. The highest BCUT2D eigenvalue weighted by Gasteiger charge is 2.38. The van der Waals surface area contributed by atoms with Crippen LogP contribution in [-0.2, 0) is 12.8 Å². The van der Waals surface area contributed by atoms with Gasteiger partial charge in [-0.2, -0.15) is 0 Å². The van der Waals surface area contributed by atoms with Crippen LogP contribution in [-0.4, -0.2) is 0 Å². The van der Waals surface area contributed by atoms with Crippen molar-refractivity contribution in [2.24, 2.45) is 0 Å². The van der Waals surface area contributed by atoms with E-state index >= 15 is 0 Å². The van der Waals surface area contributed by atoms with Gasteiger partial charge in [-0.05, 0) is 108 Å². The van der Waals surface area contributed by atoms with E-state index in [1.165, 1.54) is 83.5 Å². The molecule has 5 aromatic rings. The SMILES string of the molecule is C1=C2c3ccc4c(c3-c3cc5c(cc3C2c2ccccc21)Cc1ccccc1-5)-c1ccccc1C4. The van der Waals surface area contributed by atoms with E-state index in [1.54, 1.807) is 0 Å². The quantitative estimate of drug-likeness (QED) is 0.221. The van der Waals surface area contributed by atoms with Gasteiger partial charge in [0.1, 0.15) is 0 Å². The molecule has 9 rings (SSSR count). The van der Waals surface area contributed by atoms with Crippen LogP contribution in [0, 0.1) is 0 Å². The van der Waals surface area contributed by atoms with E-state index in [2.05, 4.69) is 103 Å². The van der Waals surface area contributed by atoms with Crippen molar-refractivity contribution in [3.05, 3.63) is 142 Å². The second-order valence-corrected chi connectivity index (χ2v) is 10.4. The molecule has 0 heterocycles. The summed E-state index contributed by atoms with van der Waals surface area (Å²) in [6, 6.07) is 36.9. The van der Waals surface area contributed by atoms with Crippen LogP contribution < -0.4 is 0 Å². The Hall–Kier alpha value is -4.16. The van der Waals surface area contributed by atoms with E-state index in [0.717, 1.165) is 12.8 Å². The average molecular weight is 443 g/mol. The van der Waals surface area contributed by atoms with Crippen LogP contribution in [0.1, 0.15) is 50.4 Å². The van der Waals surface area contributed by atoms with Gasteiger partial charge in [0.2, 0.25) is 0 Å². The molecule has 0 spiro atoms. The van der Waals surface area contributed by atoms with Crippen LogP contribution in [0.25, 0.3) is 45.0 Å². The molecule has 0 radical (unpaired) electrons. The van der Waals surface area contributed by atoms with E-state index in [0.29, 0.717) is 5.92 Å². The van der Waals surface area contributed by atoms with Crippen LogP contribution >= 0.6 is 0 Å². The maximum absolute atomic E-state index is 2.55. The fourth-order valence-corrected chi connectivity index (χ4v) is 7.29. The van der Waals surface area contributed by atoms with Crippen molar-refractivity contribution in [1.82, 2.24) is 0 Å². The summed E-state index contributed by atoms with van der Waals surface area (Å²) < 4.78 is 0. The lowest BCUT2D eigenvalue weighted by atomic mass is 9.71. The number of hydrogen-bond donors (Lipinski definition) is 0. The predicted octanol–water partition coefficient (Wildman–Crippen LogP) is 8.50. The van der Waals surface area contributed by atoms with Crippen molar-refractivity contribution < 1.29 is 0 Å². The van der Waals surface area contributed by atoms with Gasteiger partial charge in [-0.25, -0.2) is 0 Å². The molecule has 0 N–H and O–H groups in total. The standard InChI is InChI=1S/C35H22/c1-4-10-25-20(7-1)16-24-18-31-32(19-29(24)25)35-28(30-17-22-9-3-6-12-27(22)34(30)31)14-13-23-15-21-8-2-5-11-26(21)33(23)35/h1-14,17-19,34H,15-16H2. The monoisotopic (exact) mass is 442 g/mol. The van der Waals surface area contributed by atoms with Crippen molar-refractivity contribution >= 4 is 11.6 Å². The molecule has 0 saturated carbocycles. The highest BCUT2D eigenvalue weighted by molar-refractivity contribution is 6.08. The molecule has 0 aromatic heterocycles. The van der Waals surface area contributed by atoms with E-state index in [1.807, 2.05) is 0 Å². The van der Waals surface area contributed by atoms with Gasteiger partial charge in [0.05, 0.1) is 0 Å². The van der Waals surface area contributed by atoms with Gasteiger partial charge >= 0.3 is 0 Å². The number of hydrogen-bond acceptors (Lipinski definition) is 0. The van der Waals surface area contributed by atoms with E-state index in [9.17, 15) is 0 Å². The van der Waals surface area contributed by atoms with Crippen LogP contribution in [0.4, 0.5) is 0 Å². The van der Waals surface area contributed by atoms with Crippen molar-refractivity contribution in [1.29, 1.82) is 0 Å². The molecule has 1 atom stereocenters. The molecule has 0 bridgehead atoms. The first-order chi connectivity index (χ1) is 17.3. The summed E-state index contributed by atoms with van der Waals surface area (Å²) >= 11 is 0. The molecule has 0 heteroatoms. The van der Waals surface area contributed by atoms with Gasteiger partial charge in [0.15, 0.2) is 0 Å². The Morgan fingerprint density at radius 3 is 2.11 bits per heavy atom. The van der Waals surface area contributed by atoms with Crippen molar-refractivity contribution in [3.8, 4) is 33.4 Å². The molecule has 5 aromatic carbocycles. The van der Waals surface area contributed by atoms with E-state index in [4.69, 9.17) is 0 Å². The molecule has 162 valence electrons. The van der Waals surface area contributed by atoms with Crippen molar-refractivity contribution in [3.63, 3.8) is 0 Å². The zero-order chi connectivity index (χ0) is 22.7. The lowest BCUT2D eigenvalue weighted by molar-refractivity contribution is 1.05. The summed E-state index contributed by atoms with van der Waals surface area (Å²) in [6.45, 7) is 0. The molecule has 0 aliphatic heterocycles. The molecule has 35 heavy (non-hydrogen) atoms. The number of benzene rings is 5. The van der Waals surface area contributed by atoms with Gasteiger partial charge < -0.3 is 0 Å². The van der Waals surface area contributed by atoms with Crippen LogP contribution in [0.15, 0.2) is 97.1 Å². The smallest absolute Gasteiger partial charge is 0.0358 e. The lowest BCUT2D eigenvalue weighted by Gasteiger charge is -2.31. The third-order valence-corrected chi connectivity index (χ3v) is 8.74. The zero-order valence-electron chi connectivity index (χ0n) is 19.3. The molecule has 0 saturated heterocycles. The third kappa shape index (κ3) is 2.23. The Bertz CT molecular complexity index is 1800. The van der Waals surface area contributed by atoms with Crippen molar-refractivity contribution in [2.45, 2.75) is 18.8 Å². The van der Waals surface area contributed by atoms with Gasteiger partial charge in [0, 0.05) is 5.92 Å². The summed E-state index contributed by atoms with van der Waals surface area (Å²) in [4.78, 5) is 0. The second kappa shape index (κ2) is 6.29. The van der Waals surface area contributed by atoms with E-state index < -0.39 is 0 Å². The second-order valence-electron chi connectivity index (χ2n) is 10.4. The van der Waals surface area contributed by atoms with Gasteiger partial charge in [-0.1, -0.05) is 91.0 Å². The highest BCUT2D eigenvalue weighted by Crippen LogP contribution is 2.59. The summed E-state index contributed by atoms with van der Waals surface area (Å²) in [5.74, 6) is 0.317. The lowest BCUT2D eigenvalue weighted by Crippen LogP contribution is -2.11. The number of fused-ring (bicyclic) bond motifs is 15. The molecule has 1 unspecified atom stereocenters. The minimum atomic E-state index is 0.317. The van der Waals surface area contributed by atoms with Crippen LogP contribution in [0.3, 0.4) is 0 Å². The summed E-state index contributed by atoms with van der Waals surface area (Å²) in [5, 5.41) is 0. The van der Waals surface area contributed by atoms with Gasteiger partial charge in [-0.15, -0.1) is 0 Å². The third-order valence-electron chi connectivity index (χ3n) is 8.74. The van der Waals surface area contributed by atoms with Gasteiger partial charge in [-0.3, -0.25) is 0 Å². The average Bonchev–Trinajstić information content (AvgIpc) is 3.58. The first kappa shape index (κ1) is 18.2. The van der Waals surface area contributed by atoms with Crippen LogP contribution in [0.5, 0.6) is 0 Å². The number of allylic oxidation sites excluding steroid dienone is 1. The summed E-state index contributed by atoms with van der Waals surface area (Å²) in [7, 11) is 0. The molecule has 0 fully saturated rings. The largest absolute Gasteiger partial charge is 0.0619 e. The van der Waals surface area contributed by atoms with E-state index in [-0.39, 0.29) is 0 Å². The normalized spacial score (nSPS) is 16.8. The first-order valence-electron chi connectivity index (χ1n) is 12.7. The van der Waals surface area contributed by atoms with Gasteiger partial charge in [0.25, 0.3) is 0 Å². The predicted molar refractivity (Wildman–Crippen MR) is 145 cm³/mol. The molecule has 0 amide bonds. The van der Waals surface area contributed by atoms with Crippen molar-refractivity contribution in [2.75, 3.05) is 0 Å². The Morgan fingerprint density at radius 2 is 1.20 bits per heavy atom. The van der Waals surface area contributed by atoms with Crippen LogP contribution in [0.2, 0.25) is 0 Å². The Morgan fingerprint density at radius 1 is 0.457 bits per heavy atom. The Kier molecular flexibility index (Phi) is 3.27. The molecule has 4 aliphatic carbocycles. The molecular formula is C35H22. The summed E-state index contributed by atoms with van der Waals surface area (Å²) in [6.07, 6.45) is 4.52. The fraction of sp³-hybridized carbons (Fsp3) is 0.0857. The Labute approximate surface area is 205 Å². The highest BCUT2D eigenvalue weighted by atomic mass is 14.4.